The molecule has 2 saturated heterocycles. The van der Waals surface area contributed by atoms with Gasteiger partial charge in [-0.25, -0.2) is 4.98 Å². The van der Waals surface area contributed by atoms with Gasteiger partial charge >= 0.3 is 0 Å². The van der Waals surface area contributed by atoms with Gasteiger partial charge in [0.05, 0.1) is 10.9 Å². The Morgan fingerprint density at radius 2 is 2.10 bits per heavy atom. The molecule has 0 bridgehead atoms. The summed E-state index contributed by atoms with van der Waals surface area (Å²) in [5, 5.41) is 6.86. The average Bonchev–Trinajstić information content (AvgIpc) is 3.13. The molecule has 164 valence electrons. The second-order valence-corrected chi connectivity index (χ2v) is 8.64. The van der Waals surface area contributed by atoms with Crippen molar-refractivity contribution in [2.24, 2.45) is 11.8 Å². The van der Waals surface area contributed by atoms with Crippen molar-refractivity contribution >= 4 is 34.9 Å². The summed E-state index contributed by atoms with van der Waals surface area (Å²) in [7, 11) is 1.71. The summed E-state index contributed by atoms with van der Waals surface area (Å²) >= 11 is 6.42. The number of aromatic nitrogens is 1. The van der Waals surface area contributed by atoms with Crippen LogP contribution in [0.1, 0.15) is 19.3 Å². The predicted octanol–water partition coefficient (Wildman–Crippen LogP) is 3.66. The SMILES string of the molecule is CN1CC(C(=O)Nc2cc(-c3cccc(NCC4CCOCC4)c3)c(Cl)cn2)CC1=O. The Morgan fingerprint density at radius 1 is 1.29 bits per heavy atom. The summed E-state index contributed by atoms with van der Waals surface area (Å²) in [5.74, 6) is 0.452. The van der Waals surface area contributed by atoms with Crippen LogP contribution in [-0.4, -0.2) is 55.0 Å². The highest BCUT2D eigenvalue weighted by molar-refractivity contribution is 6.33. The molecule has 31 heavy (non-hydrogen) atoms. The van der Waals surface area contributed by atoms with Crippen LogP contribution in [0.3, 0.4) is 0 Å². The quantitative estimate of drug-likeness (QED) is 0.713. The molecule has 3 heterocycles. The van der Waals surface area contributed by atoms with Gasteiger partial charge < -0.3 is 20.3 Å². The first kappa shape index (κ1) is 21.6. The average molecular weight is 443 g/mol. The molecule has 0 aliphatic carbocycles. The van der Waals surface area contributed by atoms with E-state index in [1.807, 2.05) is 18.2 Å². The molecule has 2 aliphatic heterocycles. The smallest absolute Gasteiger partial charge is 0.230 e. The van der Waals surface area contributed by atoms with Gasteiger partial charge in [-0.15, -0.1) is 0 Å². The van der Waals surface area contributed by atoms with E-state index >= 15 is 0 Å². The third-order valence-electron chi connectivity index (χ3n) is 5.93. The van der Waals surface area contributed by atoms with Crippen molar-refractivity contribution in [3.05, 3.63) is 41.6 Å². The van der Waals surface area contributed by atoms with Crippen molar-refractivity contribution < 1.29 is 14.3 Å². The molecule has 2 amide bonds. The van der Waals surface area contributed by atoms with E-state index in [0.29, 0.717) is 23.3 Å². The third kappa shape index (κ3) is 5.35. The fourth-order valence-electron chi connectivity index (χ4n) is 4.01. The summed E-state index contributed by atoms with van der Waals surface area (Å²) in [6, 6.07) is 9.83. The number of benzene rings is 1. The first-order valence-corrected chi connectivity index (χ1v) is 11.0. The first-order chi connectivity index (χ1) is 15.0. The lowest BCUT2D eigenvalue weighted by Crippen LogP contribution is -2.26. The van der Waals surface area contributed by atoms with E-state index in [-0.39, 0.29) is 24.2 Å². The molecule has 0 saturated carbocycles. The highest BCUT2D eigenvalue weighted by Crippen LogP contribution is 2.31. The van der Waals surface area contributed by atoms with Gasteiger partial charge in [0, 0.05) is 57.2 Å². The van der Waals surface area contributed by atoms with Crippen molar-refractivity contribution in [1.82, 2.24) is 9.88 Å². The van der Waals surface area contributed by atoms with Crippen LogP contribution < -0.4 is 10.6 Å². The van der Waals surface area contributed by atoms with Gasteiger partial charge in [0.1, 0.15) is 5.82 Å². The molecule has 2 fully saturated rings. The maximum Gasteiger partial charge on any atom is 0.230 e. The molecule has 1 atom stereocenters. The van der Waals surface area contributed by atoms with Crippen LogP contribution in [0.15, 0.2) is 36.5 Å². The molecule has 1 aromatic heterocycles. The van der Waals surface area contributed by atoms with Gasteiger partial charge in [-0.05, 0) is 42.5 Å². The molecule has 7 nitrogen and oxygen atoms in total. The number of amides is 2. The van der Waals surface area contributed by atoms with E-state index in [4.69, 9.17) is 16.3 Å². The Kier molecular flexibility index (Phi) is 6.73. The molecular weight excluding hydrogens is 416 g/mol. The number of nitrogens with one attached hydrogen (secondary N) is 2. The normalized spacial score (nSPS) is 19.5. The molecule has 4 rings (SSSR count). The van der Waals surface area contributed by atoms with Crippen molar-refractivity contribution in [2.45, 2.75) is 19.3 Å². The van der Waals surface area contributed by atoms with Crippen molar-refractivity contribution in [3.63, 3.8) is 0 Å². The van der Waals surface area contributed by atoms with Crippen LogP contribution in [0.2, 0.25) is 5.02 Å². The van der Waals surface area contributed by atoms with Crippen molar-refractivity contribution in [1.29, 1.82) is 0 Å². The van der Waals surface area contributed by atoms with Gasteiger partial charge in [0.25, 0.3) is 0 Å². The Balaban J connectivity index is 1.45. The number of hydrogen-bond donors (Lipinski definition) is 2. The molecule has 8 heteroatoms. The second-order valence-electron chi connectivity index (χ2n) is 8.23. The number of hydrogen-bond acceptors (Lipinski definition) is 5. The summed E-state index contributed by atoms with van der Waals surface area (Å²) in [6.45, 7) is 3.00. The highest BCUT2D eigenvalue weighted by atomic mass is 35.5. The standard InChI is InChI=1S/C23H27ClN4O3/c1-28-14-17(10-22(28)29)23(30)27-21-11-19(20(24)13-26-21)16-3-2-4-18(9-16)25-12-15-5-7-31-8-6-15/h2-4,9,11,13,15,17,25H,5-8,10,12,14H2,1H3,(H,26,27,30). The fraction of sp³-hybridized carbons (Fsp3) is 0.435. The van der Waals surface area contributed by atoms with E-state index in [9.17, 15) is 9.59 Å². The molecule has 0 spiro atoms. The minimum absolute atomic E-state index is 0.0185. The second kappa shape index (κ2) is 9.66. The zero-order valence-electron chi connectivity index (χ0n) is 17.6. The number of pyridine rings is 1. The largest absolute Gasteiger partial charge is 0.385 e. The Hall–Kier alpha value is -2.64. The summed E-state index contributed by atoms with van der Waals surface area (Å²) in [5.41, 5.74) is 2.76. The molecule has 2 aliphatic rings. The summed E-state index contributed by atoms with van der Waals surface area (Å²) in [6.07, 6.45) is 3.92. The monoisotopic (exact) mass is 442 g/mol. The summed E-state index contributed by atoms with van der Waals surface area (Å²) < 4.78 is 5.43. The molecule has 2 N–H and O–H groups in total. The van der Waals surface area contributed by atoms with Crippen LogP contribution in [0.5, 0.6) is 0 Å². The van der Waals surface area contributed by atoms with E-state index < -0.39 is 0 Å². The van der Waals surface area contributed by atoms with Gasteiger partial charge in [-0.2, -0.15) is 0 Å². The topological polar surface area (TPSA) is 83.6 Å². The van der Waals surface area contributed by atoms with Crippen LogP contribution >= 0.6 is 11.6 Å². The van der Waals surface area contributed by atoms with Crippen molar-refractivity contribution in [3.8, 4) is 11.1 Å². The molecule has 2 aromatic rings. The lowest BCUT2D eigenvalue weighted by atomic mass is 10.00. The zero-order valence-corrected chi connectivity index (χ0v) is 18.3. The van der Waals surface area contributed by atoms with Crippen molar-refractivity contribution in [2.75, 3.05) is 44.0 Å². The zero-order chi connectivity index (χ0) is 21.8. The fourth-order valence-corrected chi connectivity index (χ4v) is 4.22. The van der Waals surface area contributed by atoms with Gasteiger partial charge in [-0.1, -0.05) is 23.7 Å². The van der Waals surface area contributed by atoms with Gasteiger partial charge in [0.2, 0.25) is 11.8 Å². The minimum Gasteiger partial charge on any atom is -0.385 e. The maximum absolute atomic E-state index is 12.5. The van der Waals surface area contributed by atoms with Gasteiger partial charge in [-0.3, -0.25) is 9.59 Å². The number of carbonyl (C=O) groups is 2. The first-order valence-electron chi connectivity index (χ1n) is 10.6. The van der Waals surface area contributed by atoms with E-state index in [1.54, 1.807) is 24.2 Å². The molecule has 1 unspecified atom stereocenters. The maximum atomic E-state index is 12.5. The highest BCUT2D eigenvalue weighted by Gasteiger charge is 2.32. The van der Waals surface area contributed by atoms with Crippen LogP contribution in [0.4, 0.5) is 11.5 Å². The number of rotatable bonds is 6. The van der Waals surface area contributed by atoms with Crippen LogP contribution in [0, 0.1) is 11.8 Å². The Labute approximate surface area is 187 Å². The number of anilines is 2. The van der Waals surface area contributed by atoms with E-state index in [1.165, 1.54) is 0 Å². The number of likely N-dealkylation sites (tertiary alicyclic amines) is 1. The molecular formula is C23H27ClN4O3. The lowest BCUT2D eigenvalue weighted by molar-refractivity contribution is -0.127. The van der Waals surface area contributed by atoms with Gasteiger partial charge in [0.15, 0.2) is 0 Å². The lowest BCUT2D eigenvalue weighted by Gasteiger charge is -2.22. The number of carbonyl (C=O) groups excluding carboxylic acids is 2. The van der Waals surface area contributed by atoms with E-state index in [2.05, 4.69) is 21.7 Å². The Bertz CT molecular complexity index is 962. The predicted molar refractivity (Wildman–Crippen MR) is 121 cm³/mol. The third-order valence-corrected chi connectivity index (χ3v) is 6.23. The number of nitrogens with zero attached hydrogens (tertiary/aromatic N) is 2. The Morgan fingerprint density at radius 3 is 2.84 bits per heavy atom. The number of ether oxygens (including phenoxy) is 1. The summed E-state index contributed by atoms with van der Waals surface area (Å²) in [4.78, 5) is 30.1. The van der Waals surface area contributed by atoms with E-state index in [0.717, 1.165) is 49.4 Å². The van der Waals surface area contributed by atoms with Crippen LogP contribution in [0.25, 0.3) is 11.1 Å². The van der Waals surface area contributed by atoms with Crippen LogP contribution in [-0.2, 0) is 14.3 Å². The molecule has 1 aromatic carbocycles. The molecule has 0 radical (unpaired) electrons. The minimum atomic E-state index is -0.365. The number of halogens is 1.